The van der Waals surface area contributed by atoms with E-state index in [-0.39, 0.29) is 11.3 Å². The molecule has 3 heterocycles. The summed E-state index contributed by atoms with van der Waals surface area (Å²) in [6, 6.07) is 16.4. The number of amides is 1. The van der Waals surface area contributed by atoms with Crippen molar-refractivity contribution in [3.63, 3.8) is 0 Å². The Kier molecular flexibility index (Phi) is 6.64. The molecule has 0 saturated carbocycles. The van der Waals surface area contributed by atoms with Crippen molar-refractivity contribution in [1.29, 1.82) is 0 Å². The number of nitrogens with one attached hydrogen (secondary N) is 1. The number of fused-ring (bicyclic) bond motifs is 1. The van der Waals surface area contributed by atoms with E-state index >= 15 is 0 Å². The molecule has 0 unspecified atom stereocenters. The van der Waals surface area contributed by atoms with Gasteiger partial charge in [-0.25, -0.2) is 9.78 Å². The highest BCUT2D eigenvalue weighted by molar-refractivity contribution is 7.23. The lowest BCUT2D eigenvalue weighted by Gasteiger charge is -2.29. The maximum absolute atomic E-state index is 12.6. The lowest BCUT2D eigenvalue weighted by molar-refractivity contribution is 0.123. The van der Waals surface area contributed by atoms with Crippen LogP contribution in [0, 0.1) is 0 Å². The van der Waals surface area contributed by atoms with Crippen LogP contribution in [0.3, 0.4) is 0 Å². The zero-order valence-corrected chi connectivity index (χ0v) is 19.9. The monoisotopic (exact) mass is 492 g/mol. The number of anilines is 2. The number of benzene rings is 2. The largest absolute Gasteiger partial charge is 0.494 e. The Labute approximate surface area is 205 Å². The van der Waals surface area contributed by atoms with Gasteiger partial charge in [-0.1, -0.05) is 41.7 Å². The van der Waals surface area contributed by atoms with Crippen LogP contribution in [-0.4, -0.2) is 49.1 Å². The van der Waals surface area contributed by atoms with Gasteiger partial charge in [-0.3, -0.25) is 10.1 Å². The number of hydrogen-bond donors (Lipinski definition) is 1. The molecular weight excluding hydrogens is 468 g/mol. The van der Waals surface area contributed by atoms with Gasteiger partial charge in [-0.2, -0.15) is 0 Å². The second kappa shape index (κ2) is 10.2. The molecule has 1 aliphatic heterocycles. The van der Waals surface area contributed by atoms with Crippen LogP contribution in [0.25, 0.3) is 10.2 Å². The second-order valence-electron chi connectivity index (χ2n) is 7.91. The Morgan fingerprint density at radius 1 is 1.14 bits per heavy atom. The Hall–Kier alpha value is -3.89. The van der Waals surface area contributed by atoms with Crippen LogP contribution in [0.15, 0.2) is 65.6 Å². The number of thiazole rings is 1. The molecule has 0 atom stereocenters. The van der Waals surface area contributed by atoms with Crippen LogP contribution < -0.4 is 25.2 Å². The summed E-state index contributed by atoms with van der Waals surface area (Å²) in [7, 11) is 1.59. The zero-order chi connectivity index (χ0) is 24.2. The van der Waals surface area contributed by atoms with E-state index in [0.717, 1.165) is 29.0 Å². The molecule has 35 heavy (non-hydrogen) atoms. The van der Waals surface area contributed by atoms with Crippen LogP contribution in [0.2, 0.25) is 0 Å². The minimum absolute atomic E-state index is 0.157. The van der Waals surface area contributed by atoms with Gasteiger partial charge in [0.05, 0.1) is 37.3 Å². The first-order chi connectivity index (χ1) is 17.1. The van der Waals surface area contributed by atoms with Gasteiger partial charge >= 0.3 is 6.09 Å². The summed E-state index contributed by atoms with van der Waals surface area (Å²) < 4.78 is 18.7. The summed E-state index contributed by atoms with van der Waals surface area (Å²) in [5.41, 5.74) is 2.42. The van der Waals surface area contributed by atoms with Crippen molar-refractivity contribution in [2.45, 2.75) is 6.54 Å². The third-order valence-electron chi connectivity index (χ3n) is 5.64. The van der Waals surface area contributed by atoms with Gasteiger partial charge in [0.15, 0.2) is 5.13 Å². The van der Waals surface area contributed by atoms with E-state index < -0.39 is 6.09 Å². The van der Waals surface area contributed by atoms with Crippen LogP contribution in [0.1, 0.15) is 5.56 Å². The van der Waals surface area contributed by atoms with E-state index in [1.165, 1.54) is 17.4 Å². The molecule has 5 rings (SSSR count). The topological polar surface area (TPSA) is 94.9 Å². The van der Waals surface area contributed by atoms with Gasteiger partial charge in [-0.05, 0) is 23.8 Å². The summed E-state index contributed by atoms with van der Waals surface area (Å²) in [5.74, 6) is 0.779. The Morgan fingerprint density at radius 3 is 2.69 bits per heavy atom. The minimum Gasteiger partial charge on any atom is -0.494 e. The van der Waals surface area contributed by atoms with Crippen molar-refractivity contribution in [2.24, 2.45) is 0 Å². The number of rotatable bonds is 6. The summed E-state index contributed by atoms with van der Waals surface area (Å²) in [4.78, 5) is 31.8. The predicted octanol–water partition coefficient (Wildman–Crippen LogP) is 3.96. The zero-order valence-electron chi connectivity index (χ0n) is 19.1. The van der Waals surface area contributed by atoms with Crippen LogP contribution in [0.4, 0.5) is 15.6 Å². The van der Waals surface area contributed by atoms with Gasteiger partial charge < -0.3 is 23.7 Å². The molecule has 180 valence electrons. The van der Waals surface area contributed by atoms with Crippen LogP contribution in [0.5, 0.6) is 11.5 Å². The molecule has 1 N–H and O–H groups in total. The lowest BCUT2D eigenvalue weighted by Crippen LogP contribution is -2.36. The van der Waals surface area contributed by atoms with E-state index in [9.17, 15) is 9.59 Å². The molecule has 1 saturated heterocycles. The number of ether oxygens (including phenoxy) is 3. The molecule has 0 aliphatic carbocycles. The van der Waals surface area contributed by atoms with Gasteiger partial charge in [0.2, 0.25) is 0 Å². The van der Waals surface area contributed by atoms with E-state index in [1.54, 1.807) is 23.9 Å². The highest BCUT2D eigenvalue weighted by atomic mass is 32.1. The third kappa shape index (κ3) is 5.13. The van der Waals surface area contributed by atoms with E-state index in [1.807, 2.05) is 42.5 Å². The molecule has 10 heteroatoms. The standard InChI is InChI=1S/C25H24N4O5S/c1-32-20-8-7-19(28-11-13-33-14-12-28)23-22(20)26-24(35-23)27-25(31)34-18-9-10-29(21(30)15-18)16-17-5-3-2-4-6-17/h2-10,15H,11-14,16H2,1H3,(H,26,27,31). The summed E-state index contributed by atoms with van der Waals surface area (Å²) in [6.07, 6.45) is 0.880. The Morgan fingerprint density at radius 2 is 1.94 bits per heavy atom. The highest BCUT2D eigenvalue weighted by Gasteiger charge is 2.20. The first-order valence-corrected chi connectivity index (χ1v) is 12.0. The molecule has 1 amide bonds. The number of carbonyl (C=O) groups excluding carboxylic acids is 1. The molecule has 9 nitrogen and oxygen atoms in total. The fourth-order valence-corrected chi connectivity index (χ4v) is 4.93. The van der Waals surface area contributed by atoms with Gasteiger partial charge in [0.25, 0.3) is 5.56 Å². The molecule has 4 aromatic rings. The Bertz CT molecular complexity index is 1400. The maximum Gasteiger partial charge on any atom is 0.418 e. The van der Waals surface area contributed by atoms with Crippen molar-refractivity contribution in [2.75, 3.05) is 43.6 Å². The molecule has 0 spiro atoms. The van der Waals surface area contributed by atoms with Crippen molar-refractivity contribution < 1.29 is 19.0 Å². The SMILES string of the molecule is COc1ccc(N2CCOCC2)c2sc(NC(=O)Oc3ccn(Cc4ccccc4)c(=O)c3)nc12. The summed E-state index contributed by atoms with van der Waals surface area (Å²) >= 11 is 1.34. The first-order valence-electron chi connectivity index (χ1n) is 11.1. The number of pyridine rings is 1. The molecule has 1 fully saturated rings. The smallest absolute Gasteiger partial charge is 0.418 e. The predicted molar refractivity (Wildman–Crippen MR) is 135 cm³/mol. The normalized spacial score (nSPS) is 13.6. The molecule has 0 radical (unpaired) electrons. The fourth-order valence-electron chi connectivity index (χ4n) is 3.93. The average Bonchev–Trinajstić information content (AvgIpc) is 3.29. The highest BCUT2D eigenvalue weighted by Crippen LogP contribution is 2.39. The van der Waals surface area contributed by atoms with Gasteiger partial charge in [0, 0.05) is 25.4 Å². The molecule has 1 aliphatic rings. The van der Waals surface area contributed by atoms with Crippen molar-refractivity contribution in [3.05, 3.63) is 76.7 Å². The number of carbonyl (C=O) groups is 1. The molecule has 2 aromatic carbocycles. The third-order valence-corrected chi connectivity index (χ3v) is 6.63. The van der Waals surface area contributed by atoms with Gasteiger partial charge in [0.1, 0.15) is 17.0 Å². The van der Waals surface area contributed by atoms with Crippen LogP contribution >= 0.6 is 11.3 Å². The molecule has 0 bridgehead atoms. The quantitative estimate of drug-likeness (QED) is 0.435. The number of aromatic nitrogens is 2. The van der Waals surface area contributed by atoms with E-state index in [2.05, 4.69) is 15.2 Å². The van der Waals surface area contributed by atoms with Crippen molar-refractivity contribution in [3.8, 4) is 11.5 Å². The van der Waals surface area contributed by atoms with Gasteiger partial charge in [-0.15, -0.1) is 0 Å². The minimum atomic E-state index is -0.726. The lowest BCUT2D eigenvalue weighted by atomic mass is 10.2. The number of hydrogen-bond acceptors (Lipinski definition) is 8. The maximum atomic E-state index is 12.6. The molecule has 2 aromatic heterocycles. The second-order valence-corrected chi connectivity index (χ2v) is 8.91. The Balaban J connectivity index is 1.31. The fraction of sp³-hybridized carbons (Fsp3) is 0.240. The summed E-state index contributed by atoms with van der Waals surface area (Å²) in [5, 5.41) is 3.05. The van der Waals surface area contributed by atoms with Crippen molar-refractivity contribution >= 4 is 38.5 Å². The average molecular weight is 493 g/mol. The number of morpholine rings is 1. The van der Waals surface area contributed by atoms with Crippen molar-refractivity contribution in [1.82, 2.24) is 9.55 Å². The number of nitrogens with zero attached hydrogens (tertiary/aromatic N) is 3. The first kappa shape index (κ1) is 22.9. The molecular formula is C25H24N4O5S. The summed E-state index contributed by atoms with van der Waals surface area (Å²) in [6.45, 7) is 3.31. The van der Waals surface area contributed by atoms with Crippen LogP contribution in [-0.2, 0) is 11.3 Å². The van der Waals surface area contributed by atoms with E-state index in [4.69, 9.17) is 14.2 Å². The van der Waals surface area contributed by atoms with E-state index in [0.29, 0.717) is 36.2 Å². The number of methoxy groups -OCH3 is 1.